The highest BCUT2D eigenvalue weighted by Gasteiger charge is 2.14. The first-order valence-electron chi connectivity index (χ1n) is 5.14. The van der Waals surface area contributed by atoms with E-state index in [4.69, 9.17) is 14.2 Å². The molecule has 0 aliphatic rings. The van der Waals surface area contributed by atoms with Gasteiger partial charge in [0.05, 0.1) is 27.5 Å². The van der Waals surface area contributed by atoms with Gasteiger partial charge in [-0.25, -0.2) is 4.79 Å². The molecule has 0 atom stereocenters. The van der Waals surface area contributed by atoms with Gasteiger partial charge in [0, 0.05) is 12.5 Å². The normalized spacial score (nSPS) is 10.2. The fraction of sp³-hybridized carbons (Fsp3) is 0.333. The molecular weight excluding hydrogens is 238 g/mol. The summed E-state index contributed by atoms with van der Waals surface area (Å²) in [5.74, 6) is 0.948. The summed E-state index contributed by atoms with van der Waals surface area (Å²) in [5, 5.41) is 3.53. The molecule has 0 saturated carbocycles. The number of carbonyl (C=O) groups is 1. The summed E-state index contributed by atoms with van der Waals surface area (Å²) >= 11 is 0. The molecule has 0 saturated heterocycles. The summed E-state index contributed by atoms with van der Waals surface area (Å²) in [5.41, 5.74) is 0.608. The highest BCUT2D eigenvalue weighted by molar-refractivity contribution is 5.86. The number of rotatable bonds is 5. The van der Waals surface area contributed by atoms with E-state index in [2.05, 4.69) is 9.99 Å². The van der Waals surface area contributed by atoms with Crippen LogP contribution in [0.15, 0.2) is 17.3 Å². The molecule has 0 bridgehead atoms. The van der Waals surface area contributed by atoms with Crippen molar-refractivity contribution in [3.8, 4) is 17.2 Å². The van der Waals surface area contributed by atoms with E-state index in [1.807, 2.05) is 0 Å². The molecule has 0 aliphatic carbocycles. The molecule has 0 unspecified atom stereocenters. The summed E-state index contributed by atoms with van der Waals surface area (Å²) in [6, 6.07) is 3.42. The first kappa shape index (κ1) is 13.8. The monoisotopic (exact) mass is 253 g/mol. The largest absolute Gasteiger partial charge is 0.493 e. The standard InChI is InChI=1S/C12H15NO5/c1-8(14)18-13-7-9-5-6-10(15-2)12(17-4)11(9)16-3/h5-7H,1-4H3. The fourth-order valence-electron chi connectivity index (χ4n) is 1.38. The van der Waals surface area contributed by atoms with Gasteiger partial charge in [0.1, 0.15) is 0 Å². The molecule has 18 heavy (non-hydrogen) atoms. The maximum absolute atomic E-state index is 10.6. The Balaban J connectivity index is 3.12. The number of oxime groups is 1. The van der Waals surface area contributed by atoms with Crippen LogP contribution >= 0.6 is 0 Å². The summed E-state index contributed by atoms with van der Waals surface area (Å²) in [6.45, 7) is 1.27. The number of nitrogens with zero attached hydrogens (tertiary/aromatic N) is 1. The number of hydrogen-bond donors (Lipinski definition) is 0. The molecule has 1 rings (SSSR count). The summed E-state index contributed by atoms with van der Waals surface area (Å²) < 4.78 is 15.6. The Hall–Kier alpha value is -2.24. The molecule has 0 aromatic heterocycles. The third-order valence-corrected chi connectivity index (χ3v) is 2.11. The van der Waals surface area contributed by atoms with Crippen molar-refractivity contribution in [2.45, 2.75) is 6.92 Å². The molecule has 98 valence electrons. The zero-order valence-corrected chi connectivity index (χ0v) is 10.7. The number of hydrogen-bond acceptors (Lipinski definition) is 6. The van der Waals surface area contributed by atoms with Gasteiger partial charge in [-0.05, 0) is 12.1 Å². The molecule has 0 aliphatic heterocycles. The minimum atomic E-state index is -0.495. The predicted molar refractivity (Wildman–Crippen MR) is 65.5 cm³/mol. The molecule has 1 aromatic rings. The predicted octanol–water partition coefficient (Wildman–Crippen LogP) is 1.61. The van der Waals surface area contributed by atoms with Crippen LogP contribution in [0.4, 0.5) is 0 Å². The van der Waals surface area contributed by atoms with Crippen LogP contribution in [0.2, 0.25) is 0 Å². The van der Waals surface area contributed by atoms with Crippen molar-refractivity contribution in [3.05, 3.63) is 17.7 Å². The van der Waals surface area contributed by atoms with Crippen LogP contribution in [0.1, 0.15) is 12.5 Å². The average Bonchev–Trinajstić information content (AvgIpc) is 2.37. The molecule has 0 fully saturated rings. The van der Waals surface area contributed by atoms with Crippen LogP contribution in [0, 0.1) is 0 Å². The van der Waals surface area contributed by atoms with E-state index in [-0.39, 0.29) is 0 Å². The summed E-state index contributed by atoms with van der Waals surface area (Å²) in [4.78, 5) is 15.1. The van der Waals surface area contributed by atoms with E-state index < -0.39 is 5.97 Å². The molecule has 6 heteroatoms. The molecule has 0 radical (unpaired) electrons. The lowest BCUT2D eigenvalue weighted by Gasteiger charge is -2.13. The Morgan fingerprint density at radius 3 is 2.28 bits per heavy atom. The Kier molecular flexibility index (Phi) is 4.98. The maximum Gasteiger partial charge on any atom is 0.331 e. The Morgan fingerprint density at radius 2 is 1.78 bits per heavy atom. The Labute approximate surface area is 105 Å². The zero-order valence-electron chi connectivity index (χ0n) is 10.7. The lowest BCUT2D eigenvalue weighted by atomic mass is 10.2. The molecule has 0 amide bonds. The van der Waals surface area contributed by atoms with Gasteiger partial charge < -0.3 is 19.0 Å². The topological polar surface area (TPSA) is 66.4 Å². The van der Waals surface area contributed by atoms with E-state index in [9.17, 15) is 4.79 Å². The molecule has 0 spiro atoms. The van der Waals surface area contributed by atoms with Crippen LogP contribution in [-0.4, -0.2) is 33.5 Å². The minimum absolute atomic E-state index is 0.451. The SMILES string of the molecule is COc1ccc(C=NOC(C)=O)c(OC)c1OC. The van der Waals surface area contributed by atoms with Crippen LogP contribution in [0.3, 0.4) is 0 Å². The highest BCUT2D eigenvalue weighted by atomic mass is 16.7. The van der Waals surface area contributed by atoms with E-state index in [1.54, 1.807) is 12.1 Å². The second-order valence-corrected chi connectivity index (χ2v) is 3.24. The van der Waals surface area contributed by atoms with E-state index in [0.717, 1.165) is 0 Å². The first-order chi connectivity index (χ1) is 8.63. The minimum Gasteiger partial charge on any atom is -0.493 e. The molecule has 0 N–H and O–H groups in total. The van der Waals surface area contributed by atoms with Gasteiger partial charge in [0.25, 0.3) is 0 Å². The smallest absolute Gasteiger partial charge is 0.331 e. The van der Waals surface area contributed by atoms with Crippen molar-refractivity contribution >= 4 is 12.2 Å². The van der Waals surface area contributed by atoms with E-state index >= 15 is 0 Å². The van der Waals surface area contributed by atoms with Gasteiger partial charge in [0.2, 0.25) is 5.75 Å². The summed E-state index contributed by atoms with van der Waals surface area (Å²) in [7, 11) is 4.54. The van der Waals surface area contributed by atoms with E-state index in [1.165, 1.54) is 34.5 Å². The van der Waals surface area contributed by atoms with Crippen molar-refractivity contribution in [2.24, 2.45) is 5.16 Å². The van der Waals surface area contributed by atoms with Crippen LogP contribution in [-0.2, 0) is 9.63 Å². The van der Waals surface area contributed by atoms with Crippen molar-refractivity contribution in [1.29, 1.82) is 0 Å². The van der Waals surface area contributed by atoms with Gasteiger partial charge in [-0.2, -0.15) is 0 Å². The first-order valence-corrected chi connectivity index (χ1v) is 5.14. The third kappa shape index (κ3) is 3.13. The van der Waals surface area contributed by atoms with Gasteiger partial charge in [-0.1, -0.05) is 5.16 Å². The van der Waals surface area contributed by atoms with E-state index in [0.29, 0.717) is 22.8 Å². The van der Waals surface area contributed by atoms with Gasteiger partial charge in [0.15, 0.2) is 11.5 Å². The summed E-state index contributed by atoms with van der Waals surface area (Å²) in [6.07, 6.45) is 1.36. The number of ether oxygens (including phenoxy) is 3. The third-order valence-electron chi connectivity index (χ3n) is 2.11. The van der Waals surface area contributed by atoms with Crippen molar-refractivity contribution in [2.75, 3.05) is 21.3 Å². The van der Waals surface area contributed by atoms with Crippen molar-refractivity contribution in [3.63, 3.8) is 0 Å². The molecule has 1 aromatic carbocycles. The number of carbonyl (C=O) groups excluding carboxylic acids is 1. The number of methoxy groups -OCH3 is 3. The molecular formula is C12H15NO5. The lowest BCUT2D eigenvalue weighted by Crippen LogP contribution is -1.99. The van der Waals surface area contributed by atoms with Crippen molar-refractivity contribution in [1.82, 2.24) is 0 Å². The van der Waals surface area contributed by atoms with Gasteiger partial charge in [-0.15, -0.1) is 0 Å². The molecule has 0 heterocycles. The average molecular weight is 253 g/mol. The van der Waals surface area contributed by atoms with Gasteiger partial charge >= 0.3 is 5.97 Å². The second-order valence-electron chi connectivity index (χ2n) is 3.24. The van der Waals surface area contributed by atoms with Gasteiger partial charge in [-0.3, -0.25) is 0 Å². The van der Waals surface area contributed by atoms with Crippen molar-refractivity contribution < 1.29 is 23.8 Å². The maximum atomic E-state index is 10.6. The zero-order chi connectivity index (χ0) is 13.5. The fourth-order valence-corrected chi connectivity index (χ4v) is 1.38. The van der Waals surface area contributed by atoms with Crippen LogP contribution in [0.25, 0.3) is 0 Å². The Bertz CT molecular complexity index is 456. The second kappa shape index (κ2) is 6.48. The van der Waals surface area contributed by atoms with Crippen LogP contribution < -0.4 is 14.2 Å². The molecule has 6 nitrogen and oxygen atoms in total. The highest BCUT2D eigenvalue weighted by Crippen LogP contribution is 2.38. The van der Waals surface area contributed by atoms with Crippen LogP contribution in [0.5, 0.6) is 17.2 Å². The Morgan fingerprint density at radius 1 is 1.11 bits per heavy atom. The quantitative estimate of drug-likeness (QED) is 0.453. The number of benzene rings is 1. The lowest BCUT2D eigenvalue weighted by molar-refractivity contribution is -0.140.